The van der Waals surface area contributed by atoms with E-state index in [-0.39, 0.29) is 5.69 Å². The summed E-state index contributed by atoms with van der Waals surface area (Å²) in [5.74, 6) is -1.27. The number of aryl methyl sites for hydroxylation is 1. The number of morpholine rings is 1. The van der Waals surface area contributed by atoms with E-state index in [9.17, 15) is 8.78 Å². The summed E-state index contributed by atoms with van der Waals surface area (Å²) in [6, 6.07) is 9.45. The van der Waals surface area contributed by atoms with Crippen LogP contribution in [0.25, 0.3) is 0 Å². The van der Waals surface area contributed by atoms with Crippen LogP contribution >= 0.6 is 0 Å². The molecule has 120 valence electrons. The minimum atomic E-state index is -0.663. The summed E-state index contributed by atoms with van der Waals surface area (Å²) in [4.78, 5) is 6.39. The number of nitrogens with zero attached hydrogens (tertiary/aromatic N) is 2. The highest BCUT2D eigenvalue weighted by atomic mass is 19.1. The fourth-order valence-electron chi connectivity index (χ4n) is 2.55. The first-order valence-corrected chi connectivity index (χ1v) is 7.56. The zero-order valence-electron chi connectivity index (χ0n) is 12.9. The zero-order chi connectivity index (χ0) is 16.2. The van der Waals surface area contributed by atoms with E-state index in [4.69, 9.17) is 4.74 Å². The van der Waals surface area contributed by atoms with Gasteiger partial charge in [0.25, 0.3) is 0 Å². The molecule has 0 atom stereocenters. The lowest BCUT2D eigenvalue weighted by Gasteiger charge is -2.29. The SMILES string of the molecule is Cc1cc(N2CCOCC2)ccc1C=Nc1ccc(F)cc1F. The van der Waals surface area contributed by atoms with Crippen LogP contribution < -0.4 is 4.90 Å². The second-order valence-electron chi connectivity index (χ2n) is 5.49. The maximum atomic E-state index is 13.6. The summed E-state index contributed by atoms with van der Waals surface area (Å²) < 4.78 is 31.8. The van der Waals surface area contributed by atoms with E-state index in [2.05, 4.69) is 16.0 Å². The van der Waals surface area contributed by atoms with Crippen LogP contribution in [0.3, 0.4) is 0 Å². The van der Waals surface area contributed by atoms with Crippen LogP contribution in [0.5, 0.6) is 0 Å². The van der Waals surface area contributed by atoms with E-state index in [1.165, 1.54) is 12.1 Å². The van der Waals surface area contributed by atoms with E-state index >= 15 is 0 Å². The van der Waals surface area contributed by atoms with Gasteiger partial charge in [0.2, 0.25) is 0 Å². The van der Waals surface area contributed by atoms with Gasteiger partial charge in [-0.05, 0) is 42.3 Å². The van der Waals surface area contributed by atoms with Gasteiger partial charge in [0, 0.05) is 31.1 Å². The monoisotopic (exact) mass is 316 g/mol. The van der Waals surface area contributed by atoms with Crippen LogP contribution in [0.2, 0.25) is 0 Å². The van der Waals surface area contributed by atoms with Gasteiger partial charge in [-0.25, -0.2) is 8.78 Å². The summed E-state index contributed by atoms with van der Waals surface area (Å²) in [5.41, 5.74) is 3.24. The Bertz CT molecular complexity index is 725. The number of aliphatic imine (C=N–C) groups is 1. The van der Waals surface area contributed by atoms with Crippen molar-refractivity contribution in [3.05, 3.63) is 59.2 Å². The number of benzene rings is 2. The third-order valence-corrected chi connectivity index (χ3v) is 3.88. The van der Waals surface area contributed by atoms with Gasteiger partial charge < -0.3 is 9.64 Å². The number of halogens is 2. The maximum absolute atomic E-state index is 13.6. The Hall–Kier alpha value is -2.27. The smallest absolute Gasteiger partial charge is 0.151 e. The highest BCUT2D eigenvalue weighted by molar-refractivity contribution is 5.84. The molecular formula is C18H18F2N2O. The number of rotatable bonds is 3. The lowest BCUT2D eigenvalue weighted by atomic mass is 10.1. The maximum Gasteiger partial charge on any atom is 0.151 e. The van der Waals surface area contributed by atoms with Crippen molar-refractivity contribution in [3.63, 3.8) is 0 Å². The van der Waals surface area contributed by atoms with Crippen molar-refractivity contribution in [1.82, 2.24) is 0 Å². The van der Waals surface area contributed by atoms with E-state index in [0.29, 0.717) is 0 Å². The second kappa shape index (κ2) is 6.87. The van der Waals surface area contributed by atoms with Crippen LogP contribution in [-0.4, -0.2) is 32.5 Å². The predicted molar refractivity (Wildman–Crippen MR) is 87.8 cm³/mol. The molecule has 3 nitrogen and oxygen atoms in total. The zero-order valence-corrected chi connectivity index (χ0v) is 12.9. The van der Waals surface area contributed by atoms with E-state index in [1.54, 1.807) is 6.21 Å². The second-order valence-corrected chi connectivity index (χ2v) is 5.49. The fourth-order valence-corrected chi connectivity index (χ4v) is 2.55. The summed E-state index contributed by atoms with van der Waals surface area (Å²) in [5, 5.41) is 0. The molecular weight excluding hydrogens is 298 g/mol. The van der Waals surface area contributed by atoms with Crippen molar-refractivity contribution in [2.45, 2.75) is 6.92 Å². The number of hydrogen-bond donors (Lipinski definition) is 0. The van der Waals surface area contributed by atoms with Crippen LogP contribution in [0, 0.1) is 18.6 Å². The molecule has 1 saturated heterocycles. The summed E-state index contributed by atoms with van der Waals surface area (Å²) in [6.07, 6.45) is 1.61. The topological polar surface area (TPSA) is 24.8 Å². The van der Waals surface area contributed by atoms with Gasteiger partial charge in [-0.2, -0.15) is 0 Å². The Balaban J connectivity index is 1.79. The van der Waals surface area contributed by atoms with E-state index < -0.39 is 11.6 Å². The van der Waals surface area contributed by atoms with Gasteiger partial charge >= 0.3 is 0 Å². The fraction of sp³-hybridized carbons (Fsp3) is 0.278. The highest BCUT2D eigenvalue weighted by Gasteiger charge is 2.11. The molecule has 3 rings (SSSR count). The molecule has 1 heterocycles. The minimum Gasteiger partial charge on any atom is -0.378 e. The molecule has 23 heavy (non-hydrogen) atoms. The first-order valence-electron chi connectivity index (χ1n) is 7.56. The molecule has 2 aromatic carbocycles. The molecule has 0 amide bonds. The number of ether oxygens (including phenoxy) is 1. The largest absolute Gasteiger partial charge is 0.378 e. The molecule has 0 unspecified atom stereocenters. The summed E-state index contributed by atoms with van der Waals surface area (Å²) >= 11 is 0. The van der Waals surface area contributed by atoms with Crippen LogP contribution in [0.1, 0.15) is 11.1 Å². The molecule has 0 saturated carbocycles. The van der Waals surface area contributed by atoms with Crippen molar-refractivity contribution < 1.29 is 13.5 Å². The Morgan fingerprint density at radius 2 is 1.87 bits per heavy atom. The Morgan fingerprint density at radius 1 is 1.09 bits per heavy atom. The Kier molecular flexibility index (Phi) is 4.67. The van der Waals surface area contributed by atoms with E-state index in [1.807, 2.05) is 19.1 Å². The highest BCUT2D eigenvalue weighted by Crippen LogP contribution is 2.21. The summed E-state index contributed by atoms with van der Waals surface area (Å²) in [7, 11) is 0. The van der Waals surface area contributed by atoms with Crippen molar-refractivity contribution >= 4 is 17.6 Å². The molecule has 1 aliphatic rings. The summed E-state index contributed by atoms with van der Waals surface area (Å²) in [6.45, 7) is 5.24. The van der Waals surface area contributed by atoms with Crippen LogP contribution in [-0.2, 0) is 4.74 Å². The molecule has 0 N–H and O–H groups in total. The van der Waals surface area contributed by atoms with E-state index in [0.717, 1.165) is 49.2 Å². The average molecular weight is 316 g/mol. The normalized spacial score (nSPS) is 15.3. The van der Waals surface area contributed by atoms with Gasteiger partial charge in [0.1, 0.15) is 5.82 Å². The Labute approximate surface area is 134 Å². The third kappa shape index (κ3) is 3.74. The average Bonchev–Trinajstić information content (AvgIpc) is 2.56. The first kappa shape index (κ1) is 15.6. The van der Waals surface area contributed by atoms with Crippen LogP contribution in [0.15, 0.2) is 41.4 Å². The first-order chi connectivity index (χ1) is 11.1. The molecule has 0 aromatic heterocycles. The van der Waals surface area contributed by atoms with Crippen molar-refractivity contribution in [2.75, 3.05) is 31.2 Å². The molecule has 0 bridgehead atoms. The standard InChI is InChI=1S/C18H18F2N2O/c1-13-10-16(22-6-8-23-9-7-22)4-2-14(13)12-21-18-5-3-15(19)11-17(18)20/h2-5,10-12H,6-9H2,1H3. The van der Waals surface area contributed by atoms with Gasteiger partial charge in [-0.15, -0.1) is 0 Å². The molecule has 1 fully saturated rings. The van der Waals surface area contributed by atoms with Gasteiger partial charge in [0.15, 0.2) is 5.82 Å². The minimum absolute atomic E-state index is 0.128. The molecule has 2 aromatic rings. The number of anilines is 1. The van der Waals surface area contributed by atoms with Crippen molar-refractivity contribution in [1.29, 1.82) is 0 Å². The van der Waals surface area contributed by atoms with Crippen molar-refractivity contribution in [3.8, 4) is 0 Å². The van der Waals surface area contributed by atoms with Gasteiger partial charge in [-0.1, -0.05) is 6.07 Å². The molecule has 0 aliphatic carbocycles. The van der Waals surface area contributed by atoms with Gasteiger partial charge in [0.05, 0.1) is 18.9 Å². The lowest BCUT2D eigenvalue weighted by Crippen LogP contribution is -2.36. The Morgan fingerprint density at radius 3 is 2.57 bits per heavy atom. The quantitative estimate of drug-likeness (QED) is 0.803. The number of hydrogen-bond acceptors (Lipinski definition) is 3. The molecule has 0 radical (unpaired) electrons. The van der Waals surface area contributed by atoms with Crippen molar-refractivity contribution in [2.24, 2.45) is 4.99 Å². The predicted octanol–water partition coefficient (Wildman–Crippen LogP) is 3.86. The lowest BCUT2D eigenvalue weighted by molar-refractivity contribution is 0.122. The molecule has 5 heteroatoms. The molecule has 1 aliphatic heterocycles. The third-order valence-electron chi connectivity index (χ3n) is 3.88. The van der Waals surface area contributed by atoms with Crippen LogP contribution in [0.4, 0.5) is 20.2 Å². The van der Waals surface area contributed by atoms with Gasteiger partial charge in [-0.3, -0.25) is 4.99 Å². The molecule has 0 spiro atoms.